The summed E-state index contributed by atoms with van der Waals surface area (Å²) in [6.45, 7) is 7.59. The average Bonchev–Trinajstić information content (AvgIpc) is 1.72. The number of aliphatic carboxylic acids is 5. The van der Waals surface area contributed by atoms with Crippen LogP contribution in [0.3, 0.4) is 0 Å². The molecule has 0 aromatic heterocycles. The van der Waals surface area contributed by atoms with E-state index in [4.69, 9.17) is 102 Å². The lowest BCUT2D eigenvalue weighted by atomic mass is 10.1. The van der Waals surface area contributed by atoms with Crippen LogP contribution in [0, 0.1) is 0 Å². The Hall–Kier alpha value is -3.25. The molecule has 0 saturated heterocycles. The minimum absolute atomic E-state index is 0.344. The first-order valence-corrected chi connectivity index (χ1v) is 43.5. The van der Waals surface area contributed by atoms with Crippen LogP contribution < -0.4 is 0 Å². The molecular weight excluding hydrogens is 1420 g/mol. The maximum Gasteiger partial charge on any atom is 0.303 e. The summed E-state index contributed by atoms with van der Waals surface area (Å²) in [7, 11) is 0. The van der Waals surface area contributed by atoms with E-state index in [1.165, 1.54) is 289 Å². The number of rotatable bonds is 70. The summed E-state index contributed by atoms with van der Waals surface area (Å²) in [5.41, 5.74) is 0. The van der Waals surface area contributed by atoms with Crippen LogP contribution in [0.1, 0.15) is 420 Å². The predicted molar refractivity (Wildman–Crippen MR) is 444 cm³/mol. The predicted octanol–water partition coefficient (Wildman–Crippen LogP) is 15.5. The molecular formula is C85H180O25. The maximum atomic E-state index is 10.3. The van der Waals surface area contributed by atoms with E-state index >= 15 is 0 Å². The standard InChI is InChI=1S/5C14H28O2.5C3H8O3/c5*1-2-3-4-5-6-7-8-9-10-11-12-13-14(15)16;5*4-1-3(6)2-5/h5*2-13H2,1H3,(H,15,16);5*3-6H,1-2H2. The maximum absolute atomic E-state index is 10.3. The lowest BCUT2D eigenvalue weighted by Crippen LogP contribution is -2.15. The monoisotopic (exact) mass is 1600 g/mol. The van der Waals surface area contributed by atoms with Gasteiger partial charge in [0.15, 0.2) is 0 Å². The fourth-order valence-electron chi connectivity index (χ4n) is 9.99. The van der Waals surface area contributed by atoms with E-state index < -0.39 is 60.4 Å². The van der Waals surface area contributed by atoms with Crippen molar-refractivity contribution in [3.8, 4) is 0 Å². The molecule has 0 saturated carbocycles. The van der Waals surface area contributed by atoms with Crippen LogP contribution in [-0.4, -0.2) is 229 Å². The highest BCUT2D eigenvalue weighted by atomic mass is 16.4. The van der Waals surface area contributed by atoms with E-state index in [1.54, 1.807) is 0 Å². The van der Waals surface area contributed by atoms with Gasteiger partial charge in [0.2, 0.25) is 0 Å². The van der Waals surface area contributed by atoms with Crippen LogP contribution in [0.2, 0.25) is 0 Å². The third-order valence-corrected chi connectivity index (χ3v) is 17.1. The zero-order chi connectivity index (χ0) is 85.3. The molecule has 0 amide bonds. The normalized spacial score (nSPS) is 10.4. The van der Waals surface area contributed by atoms with Gasteiger partial charge in [-0.1, -0.05) is 356 Å². The number of hydrogen-bond acceptors (Lipinski definition) is 20. The topological polar surface area (TPSA) is 490 Å². The van der Waals surface area contributed by atoms with Gasteiger partial charge < -0.3 is 102 Å². The van der Waals surface area contributed by atoms with Gasteiger partial charge in [-0.05, 0) is 32.1 Å². The lowest BCUT2D eigenvalue weighted by Gasteiger charge is -2.01. The van der Waals surface area contributed by atoms with Gasteiger partial charge in [0, 0.05) is 32.1 Å². The summed E-state index contributed by atoms with van der Waals surface area (Å²) in [4.78, 5) is 51.3. The van der Waals surface area contributed by atoms with Gasteiger partial charge in [-0.3, -0.25) is 24.0 Å². The highest BCUT2D eigenvalue weighted by Crippen LogP contribution is 2.17. The smallest absolute Gasteiger partial charge is 0.303 e. The molecule has 0 aromatic rings. The molecule has 0 atom stereocenters. The van der Waals surface area contributed by atoms with E-state index in [0.29, 0.717) is 32.1 Å². The second kappa shape index (κ2) is 124. The van der Waals surface area contributed by atoms with Gasteiger partial charge in [0.05, 0.1) is 66.1 Å². The zero-order valence-corrected chi connectivity index (χ0v) is 70.9. The number of aliphatic hydroxyl groups is 15. The zero-order valence-electron chi connectivity index (χ0n) is 70.9. The first-order valence-electron chi connectivity index (χ1n) is 43.5. The molecule has 0 aromatic carbocycles. The van der Waals surface area contributed by atoms with E-state index in [0.717, 1.165) is 64.2 Å². The number of carboxylic acids is 5. The summed E-state index contributed by atoms with van der Waals surface area (Å²) >= 11 is 0. The van der Waals surface area contributed by atoms with Crippen LogP contribution in [0.25, 0.3) is 0 Å². The summed E-state index contributed by atoms with van der Waals surface area (Å²) in [5, 5.41) is 162. The van der Waals surface area contributed by atoms with Crippen LogP contribution in [-0.2, 0) is 24.0 Å². The molecule has 670 valence electrons. The number of unbranched alkanes of at least 4 members (excludes halogenated alkanes) is 50. The van der Waals surface area contributed by atoms with Crippen molar-refractivity contribution in [1.29, 1.82) is 0 Å². The van der Waals surface area contributed by atoms with Crippen molar-refractivity contribution in [3.05, 3.63) is 0 Å². The molecule has 0 rings (SSSR count). The molecule has 20 N–H and O–H groups in total. The number of hydrogen-bond donors (Lipinski definition) is 20. The molecule has 110 heavy (non-hydrogen) atoms. The van der Waals surface area contributed by atoms with Gasteiger partial charge in [0.1, 0.15) is 30.5 Å². The molecule has 0 heterocycles. The first kappa shape index (κ1) is 128. The van der Waals surface area contributed by atoms with Gasteiger partial charge in [-0.15, -0.1) is 0 Å². The van der Waals surface area contributed by atoms with E-state index in [-0.39, 0.29) is 66.1 Å². The second-order valence-corrected chi connectivity index (χ2v) is 28.5. The Kier molecular flexibility index (Phi) is 144. The highest BCUT2D eigenvalue weighted by molar-refractivity contribution is 5.67. The Bertz CT molecular complexity index is 1350. The van der Waals surface area contributed by atoms with Crippen LogP contribution >= 0.6 is 0 Å². The van der Waals surface area contributed by atoms with E-state index in [1.807, 2.05) is 0 Å². The average molecular weight is 1600 g/mol. The SMILES string of the molecule is CCCCCCCCCCCCCC(=O)O.CCCCCCCCCCCCCC(=O)O.CCCCCCCCCCCCCC(=O)O.CCCCCCCCCCCCCC(=O)O.CCCCCCCCCCCCCC(=O)O.OCC(O)CO.OCC(O)CO.OCC(O)CO.OCC(O)CO.OCC(O)CO. The largest absolute Gasteiger partial charge is 0.481 e. The second-order valence-electron chi connectivity index (χ2n) is 28.5. The molecule has 25 heteroatoms. The quantitative estimate of drug-likeness (QED) is 0.0251. The van der Waals surface area contributed by atoms with E-state index in [9.17, 15) is 24.0 Å². The summed E-state index contributed by atoms with van der Waals surface area (Å²) in [6.07, 6.45) is 67.0. The van der Waals surface area contributed by atoms with Crippen molar-refractivity contribution in [1.82, 2.24) is 0 Å². The molecule has 25 nitrogen and oxygen atoms in total. The van der Waals surface area contributed by atoms with Crippen molar-refractivity contribution < 1.29 is 126 Å². The minimum atomic E-state index is -0.954. The molecule has 0 bridgehead atoms. The Morgan fingerprint density at radius 2 is 0.227 bits per heavy atom. The van der Waals surface area contributed by atoms with Crippen molar-refractivity contribution in [3.63, 3.8) is 0 Å². The molecule has 0 spiro atoms. The number of aliphatic hydroxyl groups excluding tert-OH is 15. The third kappa shape index (κ3) is 169. The van der Waals surface area contributed by atoms with Gasteiger partial charge in [-0.2, -0.15) is 0 Å². The Labute approximate surface area is 669 Å². The molecule has 0 unspecified atom stereocenters. The minimum Gasteiger partial charge on any atom is -0.481 e. The highest BCUT2D eigenvalue weighted by Gasteiger charge is 2.04. The van der Waals surface area contributed by atoms with Crippen LogP contribution in [0.5, 0.6) is 0 Å². The van der Waals surface area contributed by atoms with Crippen molar-refractivity contribution in [2.75, 3.05) is 66.1 Å². The van der Waals surface area contributed by atoms with Crippen molar-refractivity contribution in [2.24, 2.45) is 0 Å². The van der Waals surface area contributed by atoms with E-state index in [2.05, 4.69) is 34.6 Å². The Balaban J connectivity index is -0.000000130. The van der Waals surface area contributed by atoms with Gasteiger partial charge in [-0.25, -0.2) is 0 Å². The summed E-state index contributed by atoms with van der Waals surface area (Å²) < 4.78 is 0. The van der Waals surface area contributed by atoms with Crippen LogP contribution in [0.4, 0.5) is 0 Å². The lowest BCUT2D eigenvalue weighted by molar-refractivity contribution is -0.138. The van der Waals surface area contributed by atoms with Gasteiger partial charge >= 0.3 is 29.8 Å². The molecule has 0 aliphatic carbocycles. The third-order valence-electron chi connectivity index (χ3n) is 17.1. The fourth-order valence-corrected chi connectivity index (χ4v) is 9.99. The molecule has 0 aliphatic heterocycles. The number of carbonyl (C=O) groups is 5. The molecule has 0 aliphatic rings. The fraction of sp³-hybridized carbons (Fsp3) is 0.941. The summed E-state index contributed by atoms with van der Waals surface area (Å²) in [6, 6.07) is 0. The van der Waals surface area contributed by atoms with Gasteiger partial charge in [0.25, 0.3) is 0 Å². The van der Waals surface area contributed by atoms with Crippen molar-refractivity contribution in [2.45, 2.75) is 450 Å². The Morgan fingerprint density at radius 3 is 0.282 bits per heavy atom. The van der Waals surface area contributed by atoms with Crippen molar-refractivity contribution >= 4 is 29.8 Å². The molecule has 0 fully saturated rings. The number of carboxylic acid groups (broad SMARTS) is 5. The molecule has 0 radical (unpaired) electrons. The van der Waals surface area contributed by atoms with Crippen LogP contribution in [0.15, 0.2) is 0 Å². The summed E-state index contributed by atoms with van der Waals surface area (Å²) in [5.74, 6) is -3.28. The first-order chi connectivity index (χ1) is 52.9. The Morgan fingerprint density at radius 1 is 0.155 bits per heavy atom.